The van der Waals surface area contributed by atoms with E-state index < -0.39 is 5.41 Å². The second kappa shape index (κ2) is 19.9. The molecule has 0 aromatic heterocycles. The van der Waals surface area contributed by atoms with E-state index in [4.69, 9.17) is 6.42 Å². The Hall–Kier alpha value is -9.54. The number of benzene rings is 11. The lowest BCUT2D eigenvalue weighted by atomic mass is 9.66. The van der Waals surface area contributed by atoms with Crippen molar-refractivity contribution in [2.45, 2.75) is 12.3 Å². The third kappa shape index (κ3) is 8.12. The Labute approximate surface area is 436 Å². The number of terminal acetylenes is 1. The minimum Gasteiger partial charge on any atom is -0.115 e. The van der Waals surface area contributed by atoms with E-state index in [1.165, 1.54) is 66.8 Å². The summed E-state index contributed by atoms with van der Waals surface area (Å²) in [5.74, 6) is 3.06. The van der Waals surface area contributed by atoms with Crippen molar-refractivity contribution in [3.8, 4) is 101 Å². The van der Waals surface area contributed by atoms with Gasteiger partial charge in [0.25, 0.3) is 0 Å². The molecule has 0 radical (unpaired) electrons. The van der Waals surface area contributed by atoms with Crippen molar-refractivity contribution >= 4 is 5.57 Å². The lowest BCUT2D eigenvalue weighted by Gasteiger charge is -2.36. The van der Waals surface area contributed by atoms with Crippen LogP contribution in [0.25, 0.3) is 94.6 Å². The molecule has 0 N–H and O–H groups in total. The van der Waals surface area contributed by atoms with Crippen molar-refractivity contribution in [2.75, 3.05) is 0 Å². The van der Waals surface area contributed by atoms with Crippen LogP contribution in [0.2, 0.25) is 0 Å². The molecule has 1 aliphatic carbocycles. The molecule has 12 rings (SSSR count). The van der Waals surface area contributed by atoms with E-state index in [9.17, 15) is 0 Å². The van der Waals surface area contributed by atoms with Crippen LogP contribution in [0.4, 0.5) is 0 Å². The maximum Gasteiger partial charge on any atom is 0.0714 e. The van der Waals surface area contributed by atoms with Gasteiger partial charge in [-0.1, -0.05) is 255 Å². The summed E-state index contributed by atoms with van der Waals surface area (Å²) in [5, 5.41) is 0. The van der Waals surface area contributed by atoms with Crippen LogP contribution in [-0.4, -0.2) is 0 Å². The smallest absolute Gasteiger partial charge is 0.0714 e. The summed E-state index contributed by atoms with van der Waals surface area (Å²) >= 11 is 0. The minimum absolute atomic E-state index is 0.807. The van der Waals surface area contributed by atoms with Crippen LogP contribution in [0.15, 0.2) is 291 Å². The normalized spacial score (nSPS) is 12.5. The molecule has 74 heavy (non-hydrogen) atoms. The number of hydrogen-bond acceptors (Lipinski definition) is 0. The number of rotatable bonds is 11. The Kier molecular flexibility index (Phi) is 12.3. The van der Waals surface area contributed by atoms with Gasteiger partial charge in [0.1, 0.15) is 0 Å². The molecule has 0 amide bonds. The number of fused-ring (bicyclic) bond motifs is 3. The summed E-state index contributed by atoms with van der Waals surface area (Å²) in [4.78, 5) is 0. The van der Waals surface area contributed by atoms with Gasteiger partial charge in [-0.3, -0.25) is 0 Å². The molecule has 348 valence electrons. The van der Waals surface area contributed by atoms with Crippen molar-refractivity contribution in [3.05, 3.63) is 319 Å². The van der Waals surface area contributed by atoms with Crippen LogP contribution in [0.3, 0.4) is 0 Å². The fourth-order valence-electron chi connectivity index (χ4n) is 11.5. The Morgan fingerprint density at radius 1 is 0.324 bits per heavy atom. The monoisotopic (exact) mass is 940 g/mol. The van der Waals surface area contributed by atoms with Gasteiger partial charge in [-0.05, 0) is 166 Å². The van der Waals surface area contributed by atoms with Gasteiger partial charge in [-0.2, -0.15) is 0 Å². The molecule has 1 aliphatic rings. The van der Waals surface area contributed by atoms with Gasteiger partial charge in [0, 0.05) is 5.57 Å². The molecular formula is C74H52. The van der Waals surface area contributed by atoms with E-state index >= 15 is 0 Å². The van der Waals surface area contributed by atoms with E-state index in [1.807, 2.05) is 25.2 Å². The highest BCUT2D eigenvalue weighted by atomic mass is 14.5. The lowest BCUT2D eigenvalue weighted by molar-refractivity contribution is 0.770. The molecule has 0 aliphatic heterocycles. The van der Waals surface area contributed by atoms with Crippen LogP contribution < -0.4 is 0 Å². The topological polar surface area (TPSA) is 0 Å². The van der Waals surface area contributed by atoms with Gasteiger partial charge in [-0.15, -0.1) is 6.42 Å². The van der Waals surface area contributed by atoms with E-state index in [-0.39, 0.29) is 0 Å². The van der Waals surface area contributed by atoms with Crippen LogP contribution in [0.1, 0.15) is 34.7 Å². The molecule has 0 bridgehead atoms. The first kappa shape index (κ1) is 45.6. The molecule has 0 atom stereocenters. The maximum absolute atomic E-state index is 6.40. The summed E-state index contributed by atoms with van der Waals surface area (Å²) in [5.41, 5.74) is 24.4. The van der Waals surface area contributed by atoms with Crippen molar-refractivity contribution in [1.29, 1.82) is 0 Å². The molecule has 11 aromatic rings. The lowest BCUT2D eigenvalue weighted by Crippen LogP contribution is -2.29. The van der Waals surface area contributed by atoms with Crippen LogP contribution in [0, 0.1) is 12.3 Å². The molecule has 0 heteroatoms. The summed E-state index contributed by atoms with van der Waals surface area (Å²) < 4.78 is 0. The second-order valence-corrected chi connectivity index (χ2v) is 19.0. The summed E-state index contributed by atoms with van der Waals surface area (Å²) in [6.45, 7) is 2.02. The van der Waals surface area contributed by atoms with Gasteiger partial charge in [0.2, 0.25) is 0 Å². The Bertz CT molecular complexity index is 3810. The number of allylic oxidation sites excluding steroid dienone is 4. The molecule has 0 nitrogen and oxygen atoms in total. The van der Waals surface area contributed by atoms with Crippen LogP contribution in [-0.2, 0) is 5.41 Å². The second-order valence-electron chi connectivity index (χ2n) is 19.0. The third-order valence-electron chi connectivity index (χ3n) is 14.8. The molecular weight excluding hydrogens is 889 g/mol. The molecule has 0 spiro atoms. The zero-order valence-electron chi connectivity index (χ0n) is 41.3. The van der Waals surface area contributed by atoms with Crippen molar-refractivity contribution in [3.63, 3.8) is 0 Å². The first-order valence-corrected chi connectivity index (χ1v) is 25.5. The standard InChI is InChI=1S/C74H52/c1-3-5-27-52(4-2)62-34-15-19-38-66(62)56-46-57(67-39-20-16-35-63(67)53-28-9-6-10-29-53)49-60(48-56)74(72-44-25-23-42-70(72)71-43-24-26-45-73(71)74)61-50-58(68-40-21-17-36-64(68)54-30-11-7-12-31-54)47-59(51-61)69-41-22-18-37-65(69)55-32-13-8-14-33-55/h2-3,5-51H,1H3/b5-3-,52-27+. The molecule has 0 fully saturated rings. The van der Waals surface area contributed by atoms with Gasteiger partial charge in [0.15, 0.2) is 0 Å². The van der Waals surface area contributed by atoms with E-state index in [1.54, 1.807) is 0 Å². The SMILES string of the molecule is C#C/C(=C\C=C/C)c1ccccc1-c1cc(-c2ccccc2-c2ccccc2)cc(C2(c3cc(-c4ccccc4-c4ccccc4)cc(-c4ccccc4-c4ccccc4)c3)c3ccccc3-c3ccccc32)c1. The molecule has 0 heterocycles. The third-order valence-corrected chi connectivity index (χ3v) is 14.8. The van der Waals surface area contributed by atoms with Gasteiger partial charge in [0.05, 0.1) is 5.41 Å². The molecule has 0 saturated carbocycles. The summed E-state index contributed by atoms with van der Waals surface area (Å²) in [6.07, 6.45) is 12.5. The van der Waals surface area contributed by atoms with Crippen molar-refractivity contribution in [2.24, 2.45) is 0 Å². The van der Waals surface area contributed by atoms with E-state index in [2.05, 4.69) is 279 Å². The number of hydrogen-bond donors (Lipinski definition) is 0. The van der Waals surface area contributed by atoms with Crippen molar-refractivity contribution < 1.29 is 0 Å². The first-order valence-electron chi connectivity index (χ1n) is 25.5. The predicted octanol–water partition coefficient (Wildman–Crippen LogP) is 19.3. The highest BCUT2D eigenvalue weighted by molar-refractivity contribution is 5.95. The Morgan fingerprint density at radius 3 is 0.986 bits per heavy atom. The predicted molar refractivity (Wildman–Crippen MR) is 313 cm³/mol. The highest BCUT2D eigenvalue weighted by Crippen LogP contribution is 2.58. The quantitative estimate of drug-likeness (QED) is 0.0895. The zero-order chi connectivity index (χ0) is 49.8. The summed E-state index contributed by atoms with van der Waals surface area (Å²) in [7, 11) is 0. The van der Waals surface area contributed by atoms with E-state index in [0.29, 0.717) is 0 Å². The average molecular weight is 941 g/mol. The van der Waals surface area contributed by atoms with Crippen LogP contribution >= 0.6 is 0 Å². The summed E-state index contributed by atoms with van der Waals surface area (Å²) in [6, 6.07) is 100. The largest absolute Gasteiger partial charge is 0.115 e. The highest BCUT2D eigenvalue weighted by Gasteiger charge is 2.47. The van der Waals surface area contributed by atoms with E-state index in [0.717, 1.165) is 55.6 Å². The maximum atomic E-state index is 6.40. The van der Waals surface area contributed by atoms with Crippen molar-refractivity contribution in [1.82, 2.24) is 0 Å². The zero-order valence-corrected chi connectivity index (χ0v) is 41.3. The van der Waals surface area contributed by atoms with Gasteiger partial charge in [-0.25, -0.2) is 0 Å². The van der Waals surface area contributed by atoms with Crippen LogP contribution in [0.5, 0.6) is 0 Å². The first-order chi connectivity index (χ1) is 36.6. The fourth-order valence-corrected chi connectivity index (χ4v) is 11.5. The minimum atomic E-state index is -0.807. The molecule has 0 saturated heterocycles. The Balaban J connectivity index is 1.24. The van der Waals surface area contributed by atoms with Gasteiger partial charge >= 0.3 is 0 Å². The average Bonchev–Trinajstić information content (AvgIpc) is 3.79. The molecule has 0 unspecified atom stereocenters. The Morgan fingerprint density at radius 2 is 0.622 bits per heavy atom. The molecule has 11 aromatic carbocycles. The van der Waals surface area contributed by atoms with Gasteiger partial charge < -0.3 is 0 Å². The fraction of sp³-hybridized carbons (Fsp3) is 0.0270.